The number of primary amides is 1. The number of esters is 1. The summed E-state index contributed by atoms with van der Waals surface area (Å²) >= 11 is 0. The van der Waals surface area contributed by atoms with E-state index < -0.39 is 30.4 Å². The second-order valence-corrected chi connectivity index (χ2v) is 7.95. The summed E-state index contributed by atoms with van der Waals surface area (Å²) in [5.74, 6) is 0.0757. The van der Waals surface area contributed by atoms with Gasteiger partial charge in [-0.25, -0.2) is 9.78 Å². The molecule has 0 saturated heterocycles. The molecule has 1 heterocycles. The summed E-state index contributed by atoms with van der Waals surface area (Å²) in [6.45, 7) is -0.556. The molecule has 0 aliphatic rings. The van der Waals surface area contributed by atoms with Gasteiger partial charge in [0.1, 0.15) is 29.7 Å². The fourth-order valence-corrected chi connectivity index (χ4v) is 3.62. The number of ether oxygens (including phenoxy) is 2. The van der Waals surface area contributed by atoms with Crippen LogP contribution in [0.3, 0.4) is 0 Å². The molecule has 37 heavy (non-hydrogen) atoms. The van der Waals surface area contributed by atoms with Gasteiger partial charge in [0.15, 0.2) is 11.6 Å². The standard InChI is InChI=1S/C27H23N5O5/c28-15-20(26-30-21-11-4-5-12-22(21)31-26)24(33)16-36-25(34)14-23(32-27(29)35)17-7-6-10-19(13-17)37-18-8-2-1-3-9-18/h1-13,23,33H,14,16H2,(H,30,31)(H3,29,32,35)/t23-/m1/s1. The number of imidazole rings is 1. The SMILES string of the molecule is N#CC(=C(O)COC(=O)C[C@@H](NC(N)=O)c1cccc(Oc2ccccc2)c1)c1nc2ccccc2[nH]1. The lowest BCUT2D eigenvalue weighted by Crippen LogP contribution is -2.34. The summed E-state index contributed by atoms with van der Waals surface area (Å²) in [4.78, 5) is 31.4. The van der Waals surface area contributed by atoms with Gasteiger partial charge in [0.2, 0.25) is 0 Å². The zero-order chi connectivity index (χ0) is 26.2. The number of amides is 2. The van der Waals surface area contributed by atoms with Crippen LogP contribution in [0.25, 0.3) is 16.6 Å². The quantitative estimate of drug-likeness (QED) is 0.150. The fraction of sp³-hybridized carbons (Fsp3) is 0.111. The molecule has 186 valence electrons. The first-order chi connectivity index (χ1) is 17.9. The Morgan fingerprint density at radius 2 is 1.78 bits per heavy atom. The third-order valence-electron chi connectivity index (χ3n) is 5.32. The topological polar surface area (TPSA) is 163 Å². The smallest absolute Gasteiger partial charge is 0.312 e. The number of benzene rings is 3. The van der Waals surface area contributed by atoms with Crippen molar-refractivity contribution in [2.45, 2.75) is 12.5 Å². The van der Waals surface area contributed by atoms with Crippen molar-refractivity contribution in [3.8, 4) is 17.6 Å². The minimum Gasteiger partial charge on any atom is -0.507 e. The molecule has 2 amide bonds. The number of hydrogen-bond acceptors (Lipinski definition) is 7. The molecule has 0 unspecified atom stereocenters. The Morgan fingerprint density at radius 1 is 1.05 bits per heavy atom. The first kappa shape index (κ1) is 24.8. The second-order valence-electron chi connectivity index (χ2n) is 7.95. The number of aliphatic hydroxyl groups is 1. The summed E-state index contributed by atoms with van der Waals surface area (Å²) in [5, 5.41) is 22.5. The number of carbonyl (C=O) groups excluding carboxylic acids is 2. The van der Waals surface area contributed by atoms with Crippen LogP contribution in [-0.4, -0.2) is 33.7 Å². The molecular weight excluding hydrogens is 474 g/mol. The molecule has 0 aliphatic heterocycles. The van der Waals surface area contributed by atoms with E-state index in [4.69, 9.17) is 15.2 Å². The van der Waals surface area contributed by atoms with Gasteiger partial charge < -0.3 is 30.6 Å². The maximum atomic E-state index is 12.6. The Kier molecular flexibility index (Phi) is 7.66. The number of nitrogens with zero attached hydrogens (tertiary/aromatic N) is 2. The van der Waals surface area contributed by atoms with Crippen molar-refractivity contribution in [3.05, 3.63) is 96.0 Å². The third kappa shape index (κ3) is 6.43. The Bertz CT molecular complexity index is 1460. The maximum absolute atomic E-state index is 12.6. The van der Waals surface area contributed by atoms with E-state index in [9.17, 15) is 20.0 Å². The second kappa shape index (κ2) is 11.4. The van der Waals surface area contributed by atoms with Crippen molar-refractivity contribution >= 4 is 28.6 Å². The number of rotatable bonds is 9. The monoisotopic (exact) mass is 497 g/mol. The number of nitrogens with one attached hydrogen (secondary N) is 2. The van der Waals surface area contributed by atoms with E-state index in [0.717, 1.165) is 0 Å². The predicted octanol–water partition coefficient (Wildman–Crippen LogP) is 4.49. The average molecular weight is 498 g/mol. The average Bonchev–Trinajstić information content (AvgIpc) is 3.32. The normalized spacial score (nSPS) is 12.2. The molecule has 10 heteroatoms. The van der Waals surface area contributed by atoms with E-state index in [-0.39, 0.29) is 17.8 Å². The van der Waals surface area contributed by atoms with E-state index >= 15 is 0 Å². The van der Waals surface area contributed by atoms with Crippen molar-refractivity contribution in [1.29, 1.82) is 5.26 Å². The van der Waals surface area contributed by atoms with Gasteiger partial charge in [0.25, 0.3) is 0 Å². The fourth-order valence-electron chi connectivity index (χ4n) is 3.62. The molecule has 1 atom stereocenters. The lowest BCUT2D eigenvalue weighted by Gasteiger charge is -2.18. The van der Waals surface area contributed by atoms with E-state index in [1.54, 1.807) is 54.6 Å². The number of aliphatic hydroxyl groups excluding tert-OH is 1. The maximum Gasteiger partial charge on any atom is 0.312 e. The Morgan fingerprint density at radius 3 is 2.51 bits per heavy atom. The summed E-state index contributed by atoms with van der Waals surface area (Å²) in [6.07, 6.45) is -0.280. The molecule has 0 spiro atoms. The van der Waals surface area contributed by atoms with Gasteiger partial charge in [-0.15, -0.1) is 0 Å². The highest BCUT2D eigenvalue weighted by atomic mass is 16.5. The first-order valence-corrected chi connectivity index (χ1v) is 11.2. The van der Waals surface area contributed by atoms with Gasteiger partial charge in [0.05, 0.1) is 23.5 Å². The van der Waals surface area contributed by atoms with Crippen molar-refractivity contribution < 1.29 is 24.2 Å². The highest BCUT2D eigenvalue weighted by Crippen LogP contribution is 2.26. The molecule has 10 nitrogen and oxygen atoms in total. The summed E-state index contributed by atoms with van der Waals surface area (Å²) in [5.41, 5.74) is 7.03. The predicted molar refractivity (Wildman–Crippen MR) is 135 cm³/mol. The number of aromatic nitrogens is 2. The summed E-state index contributed by atoms with van der Waals surface area (Å²) in [6, 6.07) is 23.3. The van der Waals surface area contributed by atoms with Crippen molar-refractivity contribution in [3.63, 3.8) is 0 Å². The molecule has 0 saturated carbocycles. The van der Waals surface area contributed by atoms with Crippen LogP contribution in [0.15, 0.2) is 84.6 Å². The molecule has 0 bridgehead atoms. The molecular formula is C27H23N5O5. The van der Waals surface area contributed by atoms with Crippen LogP contribution < -0.4 is 15.8 Å². The summed E-state index contributed by atoms with van der Waals surface area (Å²) < 4.78 is 11.0. The van der Waals surface area contributed by atoms with Gasteiger partial charge in [-0.3, -0.25) is 4.79 Å². The lowest BCUT2D eigenvalue weighted by atomic mass is 10.0. The Balaban J connectivity index is 1.45. The molecule has 4 rings (SSSR count). The molecule has 1 aromatic heterocycles. The van der Waals surface area contributed by atoms with E-state index in [0.29, 0.717) is 28.1 Å². The van der Waals surface area contributed by atoms with Crippen LogP contribution >= 0.6 is 0 Å². The minimum absolute atomic E-state index is 0.151. The van der Waals surface area contributed by atoms with Crippen molar-refractivity contribution in [2.75, 3.05) is 6.61 Å². The lowest BCUT2D eigenvalue weighted by molar-refractivity contribution is -0.143. The van der Waals surface area contributed by atoms with Gasteiger partial charge in [0, 0.05) is 0 Å². The number of H-pyrrole nitrogens is 1. The molecule has 0 aliphatic carbocycles. The van der Waals surface area contributed by atoms with Gasteiger partial charge in [-0.2, -0.15) is 5.26 Å². The number of fused-ring (bicyclic) bond motifs is 1. The van der Waals surface area contributed by atoms with Crippen molar-refractivity contribution in [2.24, 2.45) is 5.73 Å². The number of nitrogens with two attached hydrogens (primary N) is 1. The Hall–Kier alpha value is -5.30. The van der Waals surface area contributed by atoms with Gasteiger partial charge in [-0.05, 0) is 42.0 Å². The molecule has 0 radical (unpaired) electrons. The number of allylic oxidation sites excluding steroid dienone is 1. The van der Waals surface area contributed by atoms with Crippen LogP contribution in [0, 0.1) is 11.3 Å². The first-order valence-electron chi connectivity index (χ1n) is 11.2. The summed E-state index contributed by atoms with van der Waals surface area (Å²) in [7, 11) is 0. The number of hydrogen-bond donors (Lipinski definition) is 4. The number of nitriles is 1. The molecule has 0 fully saturated rings. The molecule has 5 N–H and O–H groups in total. The van der Waals surface area contributed by atoms with E-state index in [1.807, 2.05) is 30.3 Å². The largest absolute Gasteiger partial charge is 0.507 e. The number of para-hydroxylation sites is 3. The van der Waals surface area contributed by atoms with Gasteiger partial charge >= 0.3 is 12.0 Å². The third-order valence-corrected chi connectivity index (χ3v) is 5.32. The van der Waals surface area contributed by atoms with E-state index in [2.05, 4.69) is 15.3 Å². The van der Waals surface area contributed by atoms with Crippen molar-refractivity contribution in [1.82, 2.24) is 15.3 Å². The molecule has 3 aromatic carbocycles. The van der Waals surface area contributed by atoms with Crippen LogP contribution in [0.5, 0.6) is 11.5 Å². The highest BCUT2D eigenvalue weighted by Gasteiger charge is 2.21. The van der Waals surface area contributed by atoms with Crippen LogP contribution in [0.1, 0.15) is 23.9 Å². The molecule has 4 aromatic rings. The van der Waals surface area contributed by atoms with Crippen LogP contribution in [0.2, 0.25) is 0 Å². The Labute approximate surface area is 212 Å². The van der Waals surface area contributed by atoms with E-state index in [1.165, 1.54) is 0 Å². The minimum atomic E-state index is -0.827. The van der Waals surface area contributed by atoms with Gasteiger partial charge in [-0.1, -0.05) is 42.5 Å². The van der Waals surface area contributed by atoms with Crippen LogP contribution in [-0.2, 0) is 9.53 Å². The van der Waals surface area contributed by atoms with Crippen LogP contribution in [0.4, 0.5) is 4.79 Å². The number of carbonyl (C=O) groups is 2. The zero-order valence-corrected chi connectivity index (χ0v) is 19.5. The number of aromatic amines is 1. The highest BCUT2D eigenvalue weighted by molar-refractivity contribution is 5.83. The zero-order valence-electron chi connectivity index (χ0n) is 19.5. The number of urea groups is 1.